The molecule has 0 N–H and O–H groups in total. The van der Waals surface area contributed by atoms with E-state index in [2.05, 4.69) is 29.3 Å². The van der Waals surface area contributed by atoms with E-state index in [1.54, 1.807) is 37.3 Å². The number of ether oxygens (including phenoxy) is 1. The summed E-state index contributed by atoms with van der Waals surface area (Å²) in [4.78, 5) is 11.4. The van der Waals surface area contributed by atoms with Crippen LogP contribution in [-0.4, -0.2) is 5.97 Å². The lowest BCUT2D eigenvalue weighted by Gasteiger charge is -2.01. The number of hydrogen-bond donors (Lipinski definition) is 0. The second kappa shape index (κ2) is 9.40. The van der Waals surface area contributed by atoms with Crippen molar-refractivity contribution in [3.8, 4) is 5.75 Å². The number of benzene rings is 2. The van der Waals surface area contributed by atoms with Gasteiger partial charge in [-0.05, 0) is 61.7 Å². The molecule has 0 saturated carbocycles. The normalized spacial score (nSPS) is 11.2. The molecule has 0 spiro atoms. The predicted molar refractivity (Wildman–Crippen MR) is 96.1 cm³/mol. The van der Waals surface area contributed by atoms with E-state index in [4.69, 9.17) is 4.74 Å². The Balaban J connectivity index is 1.95. The Bertz CT molecular complexity index is 701. The molecule has 2 aromatic carbocycles. The summed E-state index contributed by atoms with van der Waals surface area (Å²) in [6, 6.07) is 15.0. The number of nitrogens with zero attached hydrogens (tertiary/aromatic N) is 2. The van der Waals surface area contributed by atoms with E-state index in [9.17, 15) is 4.79 Å². The molecule has 0 atom stereocenters. The van der Waals surface area contributed by atoms with E-state index < -0.39 is 5.97 Å². The highest BCUT2D eigenvalue weighted by Gasteiger charge is 2.00. The fraction of sp³-hybridized carbons (Fsp3) is 0.250. The topological polar surface area (TPSA) is 51.0 Å². The van der Waals surface area contributed by atoms with Crippen LogP contribution in [0.2, 0.25) is 0 Å². The van der Waals surface area contributed by atoms with Crippen LogP contribution in [0.1, 0.15) is 32.3 Å². The lowest BCUT2D eigenvalue weighted by Crippen LogP contribution is -2.02. The summed E-state index contributed by atoms with van der Waals surface area (Å²) < 4.78 is 5.12. The number of carbonyl (C=O) groups is 1. The minimum Gasteiger partial charge on any atom is -0.423 e. The second-order valence-corrected chi connectivity index (χ2v) is 5.38. The number of esters is 1. The van der Waals surface area contributed by atoms with Crippen molar-refractivity contribution in [2.45, 2.75) is 33.1 Å². The SMILES string of the molecule is CC=CC(=O)Oc1ccc(N=Nc2ccc(CCCC)cc2)cc1. The molecule has 0 aliphatic heterocycles. The Morgan fingerprint density at radius 2 is 1.58 bits per heavy atom. The van der Waals surface area contributed by atoms with Crippen molar-refractivity contribution < 1.29 is 9.53 Å². The number of azo groups is 1. The summed E-state index contributed by atoms with van der Waals surface area (Å²) in [5.74, 6) is 0.0902. The maximum Gasteiger partial charge on any atom is 0.335 e. The standard InChI is InChI=1S/C20H22N2O2/c1-3-5-7-16-8-10-17(11-9-16)21-22-18-12-14-19(15-13-18)24-20(23)6-4-2/h4,6,8-15H,3,5,7H2,1-2H3. The second-order valence-electron chi connectivity index (χ2n) is 5.38. The smallest absolute Gasteiger partial charge is 0.335 e. The predicted octanol–water partition coefficient (Wildman–Crippen LogP) is 5.93. The van der Waals surface area contributed by atoms with Gasteiger partial charge in [0.05, 0.1) is 11.4 Å². The van der Waals surface area contributed by atoms with Crippen LogP contribution in [0, 0.1) is 0 Å². The molecule has 0 heterocycles. The molecule has 0 bridgehead atoms. The zero-order valence-electron chi connectivity index (χ0n) is 14.1. The minimum atomic E-state index is -0.393. The third-order valence-corrected chi connectivity index (χ3v) is 3.39. The van der Waals surface area contributed by atoms with Gasteiger partial charge in [-0.15, -0.1) is 0 Å². The number of aryl methyl sites for hydroxylation is 1. The first-order valence-corrected chi connectivity index (χ1v) is 8.16. The summed E-state index contributed by atoms with van der Waals surface area (Å²) in [7, 11) is 0. The molecule has 24 heavy (non-hydrogen) atoms. The Labute approximate surface area is 142 Å². The van der Waals surface area contributed by atoms with Gasteiger partial charge in [0.1, 0.15) is 5.75 Å². The van der Waals surface area contributed by atoms with Gasteiger partial charge in [-0.1, -0.05) is 31.6 Å². The van der Waals surface area contributed by atoms with Crippen molar-refractivity contribution in [1.82, 2.24) is 0 Å². The van der Waals surface area contributed by atoms with E-state index in [1.165, 1.54) is 24.5 Å². The summed E-state index contributed by atoms with van der Waals surface area (Å²) in [5.41, 5.74) is 2.85. The third-order valence-electron chi connectivity index (χ3n) is 3.39. The van der Waals surface area contributed by atoms with Gasteiger partial charge in [-0.2, -0.15) is 10.2 Å². The number of hydrogen-bond acceptors (Lipinski definition) is 4. The number of carbonyl (C=O) groups excluding carboxylic acids is 1. The fourth-order valence-electron chi connectivity index (χ4n) is 2.09. The zero-order chi connectivity index (χ0) is 17.2. The van der Waals surface area contributed by atoms with Gasteiger partial charge in [-0.25, -0.2) is 4.79 Å². The van der Waals surface area contributed by atoms with Crippen molar-refractivity contribution in [1.29, 1.82) is 0 Å². The Hall–Kier alpha value is -2.75. The molecule has 4 nitrogen and oxygen atoms in total. The van der Waals surface area contributed by atoms with Gasteiger partial charge in [0.25, 0.3) is 0 Å². The Morgan fingerprint density at radius 1 is 1.00 bits per heavy atom. The average molecular weight is 322 g/mol. The maximum atomic E-state index is 11.4. The third kappa shape index (κ3) is 5.80. The molecule has 2 rings (SSSR count). The van der Waals surface area contributed by atoms with E-state index in [0.717, 1.165) is 12.1 Å². The van der Waals surface area contributed by atoms with Crippen LogP contribution in [0.5, 0.6) is 5.75 Å². The lowest BCUT2D eigenvalue weighted by atomic mass is 10.1. The molecule has 0 aliphatic rings. The number of allylic oxidation sites excluding steroid dienone is 1. The molecule has 124 valence electrons. The lowest BCUT2D eigenvalue weighted by molar-refractivity contribution is -0.129. The van der Waals surface area contributed by atoms with Crippen LogP contribution < -0.4 is 4.74 Å². The highest BCUT2D eigenvalue weighted by molar-refractivity contribution is 5.83. The van der Waals surface area contributed by atoms with Crippen molar-refractivity contribution in [3.05, 3.63) is 66.2 Å². The highest BCUT2D eigenvalue weighted by atomic mass is 16.5. The average Bonchev–Trinajstić information content (AvgIpc) is 2.60. The van der Waals surface area contributed by atoms with Crippen LogP contribution in [0.4, 0.5) is 11.4 Å². The Kier molecular flexibility index (Phi) is 6.90. The summed E-state index contributed by atoms with van der Waals surface area (Å²) in [6.45, 7) is 3.95. The van der Waals surface area contributed by atoms with E-state index in [1.807, 2.05) is 12.1 Å². The number of rotatable bonds is 7. The van der Waals surface area contributed by atoms with Crippen LogP contribution in [0.15, 0.2) is 70.9 Å². The summed E-state index contributed by atoms with van der Waals surface area (Å²) >= 11 is 0. The van der Waals surface area contributed by atoms with Crippen molar-refractivity contribution in [2.75, 3.05) is 0 Å². The van der Waals surface area contributed by atoms with Crippen LogP contribution in [-0.2, 0) is 11.2 Å². The quantitative estimate of drug-likeness (QED) is 0.275. The largest absolute Gasteiger partial charge is 0.423 e. The molecule has 0 fully saturated rings. The molecule has 0 aromatic heterocycles. The van der Waals surface area contributed by atoms with Gasteiger partial charge in [0.2, 0.25) is 0 Å². The molecular formula is C20H22N2O2. The summed E-state index contributed by atoms with van der Waals surface area (Å²) in [6.07, 6.45) is 6.50. The van der Waals surface area contributed by atoms with Gasteiger partial charge in [0.15, 0.2) is 0 Å². The zero-order valence-corrected chi connectivity index (χ0v) is 14.1. The first kappa shape index (κ1) is 17.6. The maximum absolute atomic E-state index is 11.4. The monoisotopic (exact) mass is 322 g/mol. The highest BCUT2D eigenvalue weighted by Crippen LogP contribution is 2.22. The first-order valence-electron chi connectivity index (χ1n) is 8.16. The molecule has 4 heteroatoms. The van der Waals surface area contributed by atoms with Crippen LogP contribution in [0.3, 0.4) is 0 Å². The summed E-state index contributed by atoms with van der Waals surface area (Å²) in [5, 5.41) is 8.42. The van der Waals surface area contributed by atoms with Gasteiger partial charge in [0, 0.05) is 6.08 Å². The fourth-order valence-corrected chi connectivity index (χ4v) is 2.09. The van der Waals surface area contributed by atoms with Crippen LogP contribution >= 0.6 is 0 Å². The van der Waals surface area contributed by atoms with Crippen molar-refractivity contribution in [2.24, 2.45) is 10.2 Å². The van der Waals surface area contributed by atoms with Crippen molar-refractivity contribution >= 4 is 17.3 Å². The molecule has 0 aliphatic carbocycles. The molecule has 0 amide bonds. The van der Waals surface area contributed by atoms with Crippen molar-refractivity contribution in [3.63, 3.8) is 0 Å². The van der Waals surface area contributed by atoms with Crippen LogP contribution in [0.25, 0.3) is 0 Å². The number of unbranched alkanes of at least 4 members (excludes halogenated alkanes) is 1. The molecule has 0 radical (unpaired) electrons. The molecular weight excluding hydrogens is 300 g/mol. The van der Waals surface area contributed by atoms with E-state index >= 15 is 0 Å². The van der Waals surface area contributed by atoms with Gasteiger partial charge in [-0.3, -0.25) is 0 Å². The Morgan fingerprint density at radius 3 is 2.12 bits per heavy atom. The first-order chi connectivity index (χ1) is 11.7. The minimum absolute atomic E-state index is 0.393. The van der Waals surface area contributed by atoms with E-state index in [0.29, 0.717) is 11.4 Å². The van der Waals surface area contributed by atoms with Gasteiger partial charge < -0.3 is 4.74 Å². The van der Waals surface area contributed by atoms with Gasteiger partial charge >= 0.3 is 5.97 Å². The molecule has 2 aromatic rings. The molecule has 0 saturated heterocycles. The van der Waals surface area contributed by atoms with E-state index in [-0.39, 0.29) is 0 Å². The molecule has 0 unspecified atom stereocenters.